The van der Waals surface area contributed by atoms with E-state index in [0.29, 0.717) is 0 Å². The van der Waals surface area contributed by atoms with E-state index < -0.39 is 0 Å². The van der Waals surface area contributed by atoms with Crippen LogP contribution in [-0.4, -0.2) is 16.3 Å². The number of nitrogens with one attached hydrogen (secondary N) is 1. The average molecular weight is 297 g/mol. The maximum Gasteiger partial charge on any atom is 0.0645 e. The van der Waals surface area contributed by atoms with E-state index in [1.807, 2.05) is 29.1 Å². The summed E-state index contributed by atoms with van der Waals surface area (Å²) >= 11 is 1.73. The van der Waals surface area contributed by atoms with E-state index in [9.17, 15) is 0 Å². The number of benzene rings is 1. The predicted molar refractivity (Wildman–Crippen MR) is 88.0 cm³/mol. The highest BCUT2D eigenvalue weighted by atomic mass is 32.1. The molecule has 1 N–H and O–H groups in total. The number of hydrogen-bond donors (Lipinski definition) is 1. The molecule has 0 saturated heterocycles. The highest BCUT2D eigenvalue weighted by Crippen LogP contribution is 2.24. The van der Waals surface area contributed by atoms with Crippen molar-refractivity contribution < 1.29 is 0 Å². The van der Waals surface area contributed by atoms with E-state index in [4.69, 9.17) is 0 Å². The van der Waals surface area contributed by atoms with Gasteiger partial charge in [-0.05, 0) is 47.5 Å². The van der Waals surface area contributed by atoms with Crippen LogP contribution in [0.15, 0.2) is 59.6 Å². The fourth-order valence-electron chi connectivity index (χ4n) is 2.36. The van der Waals surface area contributed by atoms with Crippen molar-refractivity contribution in [3.8, 4) is 5.69 Å². The molecule has 3 aromatic rings. The van der Waals surface area contributed by atoms with Gasteiger partial charge in [0.05, 0.1) is 17.9 Å². The Morgan fingerprint density at radius 2 is 2.05 bits per heavy atom. The smallest absolute Gasteiger partial charge is 0.0645 e. The Morgan fingerprint density at radius 3 is 2.76 bits per heavy atom. The zero-order valence-corrected chi connectivity index (χ0v) is 12.9. The molecule has 0 radical (unpaired) electrons. The van der Waals surface area contributed by atoms with Gasteiger partial charge in [-0.2, -0.15) is 16.4 Å². The molecule has 21 heavy (non-hydrogen) atoms. The summed E-state index contributed by atoms with van der Waals surface area (Å²) in [5, 5.41) is 12.4. The van der Waals surface area contributed by atoms with Crippen LogP contribution in [0.3, 0.4) is 0 Å². The highest BCUT2D eigenvalue weighted by Gasteiger charge is 2.15. The largest absolute Gasteiger partial charge is 0.306 e. The van der Waals surface area contributed by atoms with E-state index in [-0.39, 0.29) is 6.04 Å². The van der Waals surface area contributed by atoms with E-state index >= 15 is 0 Å². The molecular formula is C17H19N3S. The van der Waals surface area contributed by atoms with Crippen LogP contribution in [0.4, 0.5) is 0 Å². The van der Waals surface area contributed by atoms with E-state index in [2.05, 4.69) is 52.5 Å². The van der Waals surface area contributed by atoms with Gasteiger partial charge in [0, 0.05) is 11.8 Å². The zero-order chi connectivity index (χ0) is 14.5. The van der Waals surface area contributed by atoms with E-state index in [1.54, 1.807) is 11.3 Å². The molecule has 2 aromatic heterocycles. The second-order valence-electron chi connectivity index (χ2n) is 5.00. The minimum absolute atomic E-state index is 0.216. The average Bonchev–Trinajstić information content (AvgIpc) is 3.21. The predicted octanol–water partition coefficient (Wildman–Crippen LogP) is 4.02. The maximum atomic E-state index is 4.51. The molecule has 2 heterocycles. The Kier molecular flexibility index (Phi) is 4.48. The van der Waals surface area contributed by atoms with Gasteiger partial charge < -0.3 is 5.32 Å². The molecule has 0 aliphatic carbocycles. The van der Waals surface area contributed by atoms with Gasteiger partial charge in [-0.25, -0.2) is 4.68 Å². The van der Waals surface area contributed by atoms with Crippen molar-refractivity contribution in [2.45, 2.75) is 19.4 Å². The number of aromatic nitrogens is 2. The molecule has 1 aromatic carbocycles. The fraction of sp³-hybridized carbons (Fsp3) is 0.235. The van der Waals surface area contributed by atoms with Gasteiger partial charge in [-0.3, -0.25) is 0 Å². The maximum absolute atomic E-state index is 4.51. The minimum Gasteiger partial charge on any atom is -0.306 e. The zero-order valence-electron chi connectivity index (χ0n) is 12.1. The standard InChI is InChI=1S/C17H19N3S/c1-2-9-18-17(14-8-10-21-13-14)15-11-19-20(12-15)16-6-4-3-5-7-16/h3-8,10-13,17-18H,2,9H2,1H3. The Labute approximate surface area is 129 Å². The van der Waals surface area contributed by atoms with Crippen molar-refractivity contribution in [2.24, 2.45) is 0 Å². The number of rotatable bonds is 6. The molecule has 0 bridgehead atoms. The first-order valence-electron chi connectivity index (χ1n) is 7.24. The number of thiophene rings is 1. The lowest BCUT2D eigenvalue weighted by Gasteiger charge is -2.15. The lowest BCUT2D eigenvalue weighted by molar-refractivity contribution is 0.600. The molecule has 0 amide bonds. The van der Waals surface area contributed by atoms with Gasteiger partial charge in [-0.1, -0.05) is 25.1 Å². The molecule has 3 nitrogen and oxygen atoms in total. The van der Waals surface area contributed by atoms with Crippen molar-refractivity contribution in [1.29, 1.82) is 0 Å². The van der Waals surface area contributed by atoms with Gasteiger partial charge in [0.2, 0.25) is 0 Å². The Bertz CT molecular complexity index is 658. The lowest BCUT2D eigenvalue weighted by Crippen LogP contribution is -2.22. The van der Waals surface area contributed by atoms with Gasteiger partial charge >= 0.3 is 0 Å². The Morgan fingerprint density at radius 1 is 1.19 bits per heavy atom. The summed E-state index contributed by atoms with van der Waals surface area (Å²) < 4.78 is 1.93. The van der Waals surface area contributed by atoms with Crippen molar-refractivity contribution >= 4 is 11.3 Å². The van der Waals surface area contributed by atoms with Crippen LogP contribution in [-0.2, 0) is 0 Å². The Balaban J connectivity index is 1.88. The molecule has 0 saturated carbocycles. The first kappa shape index (κ1) is 14.0. The molecule has 0 spiro atoms. The number of hydrogen-bond acceptors (Lipinski definition) is 3. The molecule has 0 fully saturated rings. The molecule has 0 aliphatic rings. The van der Waals surface area contributed by atoms with Crippen molar-refractivity contribution in [3.63, 3.8) is 0 Å². The van der Waals surface area contributed by atoms with Crippen molar-refractivity contribution in [1.82, 2.24) is 15.1 Å². The summed E-state index contributed by atoms with van der Waals surface area (Å²) in [6.07, 6.45) is 5.19. The monoisotopic (exact) mass is 297 g/mol. The van der Waals surface area contributed by atoms with Crippen LogP contribution >= 0.6 is 11.3 Å². The third-order valence-electron chi connectivity index (χ3n) is 3.43. The summed E-state index contributed by atoms with van der Waals surface area (Å²) in [6, 6.07) is 12.6. The van der Waals surface area contributed by atoms with Crippen LogP contribution in [0.5, 0.6) is 0 Å². The van der Waals surface area contributed by atoms with Gasteiger partial charge in [-0.15, -0.1) is 0 Å². The van der Waals surface area contributed by atoms with E-state index in [1.165, 1.54) is 11.1 Å². The summed E-state index contributed by atoms with van der Waals surface area (Å²) in [6.45, 7) is 3.18. The van der Waals surface area contributed by atoms with E-state index in [0.717, 1.165) is 18.7 Å². The second-order valence-corrected chi connectivity index (χ2v) is 5.78. The first-order chi connectivity index (χ1) is 10.4. The molecule has 4 heteroatoms. The third-order valence-corrected chi connectivity index (χ3v) is 4.13. The molecular weight excluding hydrogens is 278 g/mol. The molecule has 1 unspecified atom stereocenters. The molecule has 108 valence electrons. The van der Waals surface area contributed by atoms with Gasteiger partial charge in [0.25, 0.3) is 0 Å². The van der Waals surface area contributed by atoms with Gasteiger partial charge in [0.15, 0.2) is 0 Å². The summed E-state index contributed by atoms with van der Waals surface area (Å²) in [7, 11) is 0. The lowest BCUT2D eigenvalue weighted by atomic mass is 10.1. The Hall–Kier alpha value is -1.91. The molecule has 3 rings (SSSR count). The van der Waals surface area contributed by atoms with Crippen LogP contribution in [0, 0.1) is 0 Å². The van der Waals surface area contributed by atoms with Crippen molar-refractivity contribution in [2.75, 3.05) is 6.54 Å². The molecule has 1 atom stereocenters. The van der Waals surface area contributed by atoms with Gasteiger partial charge in [0.1, 0.15) is 0 Å². The summed E-state index contributed by atoms with van der Waals surface area (Å²) in [5.41, 5.74) is 3.59. The summed E-state index contributed by atoms with van der Waals surface area (Å²) in [5.74, 6) is 0. The minimum atomic E-state index is 0.216. The normalized spacial score (nSPS) is 12.4. The van der Waals surface area contributed by atoms with Crippen LogP contribution in [0.25, 0.3) is 5.69 Å². The topological polar surface area (TPSA) is 29.9 Å². The molecule has 0 aliphatic heterocycles. The van der Waals surface area contributed by atoms with Crippen LogP contribution in [0.1, 0.15) is 30.5 Å². The second kappa shape index (κ2) is 6.70. The SMILES string of the molecule is CCCNC(c1ccsc1)c1cnn(-c2ccccc2)c1. The first-order valence-corrected chi connectivity index (χ1v) is 8.18. The van der Waals surface area contributed by atoms with Crippen LogP contribution < -0.4 is 5.32 Å². The van der Waals surface area contributed by atoms with Crippen LogP contribution in [0.2, 0.25) is 0 Å². The summed E-state index contributed by atoms with van der Waals surface area (Å²) in [4.78, 5) is 0. The highest BCUT2D eigenvalue weighted by molar-refractivity contribution is 7.08. The fourth-order valence-corrected chi connectivity index (χ4v) is 3.05. The van der Waals surface area contributed by atoms with Crippen molar-refractivity contribution in [3.05, 3.63) is 70.7 Å². The number of nitrogens with zero attached hydrogens (tertiary/aromatic N) is 2. The quantitative estimate of drug-likeness (QED) is 0.744. The third kappa shape index (κ3) is 3.23. The number of para-hydroxylation sites is 1.